The maximum absolute atomic E-state index is 12.8. The zero-order chi connectivity index (χ0) is 20.1. The van der Waals surface area contributed by atoms with Crippen LogP contribution in [0.5, 0.6) is 0 Å². The van der Waals surface area contributed by atoms with Gasteiger partial charge in [0.1, 0.15) is 5.82 Å². The molecule has 0 radical (unpaired) electrons. The van der Waals surface area contributed by atoms with Gasteiger partial charge in [-0.25, -0.2) is 4.98 Å². The third kappa shape index (κ3) is 4.73. The maximum Gasteiger partial charge on any atom is 0.258 e. The molecule has 0 unspecified atom stereocenters. The first-order valence-corrected chi connectivity index (χ1v) is 10.5. The Kier molecular flexibility index (Phi) is 6.03. The first kappa shape index (κ1) is 19.4. The predicted molar refractivity (Wildman–Crippen MR) is 115 cm³/mol. The zero-order valence-electron chi connectivity index (χ0n) is 16.6. The van der Waals surface area contributed by atoms with Crippen LogP contribution >= 0.6 is 0 Å². The Morgan fingerprint density at radius 3 is 2.55 bits per heavy atom. The lowest BCUT2D eigenvalue weighted by Gasteiger charge is -2.31. The fraction of sp³-hybridized carbons (Fsp3) is 0.375. The van der Waals surface area contributed by atoms with Gasteiger partial charge in [0.05, 0.1) is 16.9 Å². The second-order valence-electron chi connectivity index (χ2n) is 7.88. The van der Waals surface area contributed by atoms with E-state index in [2.05, 4.69) is 27.4 Å². The smallest absolute Gasteiger partial charge is 0.258 e. The Hall–Kier alpha value is -2.95. The van der Waals surface area contributed by atoms with Crippen molar-refractivity contribution < 1.29 is 4.79 Å². The number of H-pyrrole nitrogens is 1. The third-order valence-corrected chi connectivity index (χ3v) is 5.85. The molecule has 0 saturated heterocycles. The van der Waals surface area contributed by atoms with E-state index < -0.39 is 0 Å². The predicted octanol–water partition coefficient (Wildman–Crippen LogP) is 4.29. The summed E-state index contributed by atoms with van der Waals surface area (Å²) < 4.78 is 0. The second-order valence-corrected chi connectivity index (χ2v) is 7.88. The van der Waals surface area contributed by atoms with Gasteiger partial charge in [0.2, 0.25) is 5.91 Å². The molecule has 2 aromatic carbocycles. The molecule has 1 fully saturated rings. The molecular weight excluding hydrogens is 362 g/mol. The van der Waals surface area contributed by atoms with E-state index >= 15 is 0 Å². The van der Waals surface area contributed by atoms with Gasteiger partial charge in [-0.2, -0.15) is 0 Å². The maximum atomic E-state index is 12.8. The van der Waals surface area contributed by atoms with Crippen LogP contribution in [-0.2, 0) is 11.2 Å². The highest BCUT2D eigenvalue weighted by Crippen LogP contribution is 2.34. The van der Waals surface area contributed by atoms with Crippen molar-refractivity contribution in [1.29, 1.82) is 0 Å². The normalized spacial score (nSPS) is 15.9. The average molecular weight is 389 g/mol. The van der Waals surface area contributed by atoms with Crippen LogP contribution in [0, 0.1) is 5.92 Å². The molecule has 1 heterocycles. The van der Waals surface area contributed by atoms with Gasteiger partial charge < -0.3 is 10.3 Å². The minimum absolute atomic E-state index is 0.000217. The molecule has 0 spiro atoms. The van der Waals surface area contributed by atoms with E-state index in [9.17, 15) is 9.59 Å². The van der Waals surface area contributed by atoms with Crippen molar-refractivity contribution in [2.24, 2.45) is 5.92 Å². The topological polar surface area (TPSA) is 74.8 Å². The Morgan fingerprint density at radius 1 is 1.03 bits per heavy atom. The van der Waals surface area contributed by atoms with Gasteiger partial charge in [-0.1, -0.05) is 61.7 Å². The van der Waals surface area contributed by atoms with Gasteiger partial charge >= 0.3 is 0 Å². The highest BCUT2D eigenvalue weighted by Gasteiger charge is 2.26. The first-order valence-electron chi connectivity index (χ1n) is 10.5. The van der Waals surface area contributed by atoms with Crippen molar-refractivity contribution >= 4 is 16.8 Å². The number of fused-ring (bicyclic) bond motifs is 1. The number of nitrogens with one attached hydrogen (secondary N) is 2. The lowest BCUT2D eigenvalue weighted by atomic mass is 9.81. The SMILES string of the molecule is O=C(CCc1nc2ccccc2c(=O)[nH]1)N[C@@H](c1ccccc1)C1CCCCC1. The van der Waals surface area contributed by atoms with Crippen molar-refractivity contribution in [1.82, 2.24) is 15.3 Å². The van der Waals surface area contributed by atoms with E-state index in [-0.39, 0.29) is 17.5 Å². The van der Waals surface area contributed by atoms with Gasteiger partial charge in [-0.15, -0.1) is 0 Å². The molecule has 1 atom stereocenters. The van der Waals surface area contributed by atoms with E-state index in [4.69, 9.17) is 0 Å². The van der Waals surface area contributed by atoms with Crippen molar-refractivity contribution in [3.8, 4) is 0 Å². The molecule has 1 amide bonds. The lowest BCUT2D eigenvalue weighted by molar-refractivity contribution is -0.122. The summed E-state index contributed by atoms with van der Waals surface area (Å²) in [7, 11) is 0. The highest BCUT2D eigenvalue weighted by atomic mass is 16.1. The molecule has 29 heavy (non-hydrogen) atoms. The number of carbonyl (C=O) groups excluding carboxylic acids is 1. The van der Waals surface area contributed by atoms with Crippen LogP contribution in [0.4, 0.5) is 0 Å². The number of aromatic amines is 1. The summed E-state index contributed by atoms with van der Waals surface area (Å²) in [5, 5.41) is 3.84. The standard InChI is InChI=1S/C24H27N3O2/c28-22(16-15-21-25-20-14-8-7-13-19(20)24(29)26-21)27-23(17-9-3-1-4-10-17)18-11-5-2-6-12-18/h1,3-4,7-10,13-14,18,23H,2,5-6,11-12,15-16H2,(H,27,28)(H,25,26,29)/t23-/m0/s1. The van der Waals surface area contributed by atoms with Crippen LogP contribution in [0.1, 0.15) is 56.0 Å². The first-order chi connectivity index (χ1) is 14.2. The molecule has 5 heteroatoms. The Bertz CT molecular complexity index is 1020. The Morgan fingerprint density at radius 2 is 1.76 bits per heavy atom. The van der Waals surface area contributed by atoms with Gasteiger partial charge in [-0.3, -0.25) is 9.59 Å². The Labute approximate surface area is 170 Å². The Balaban J connectivity index is 1.45. The highest BCUT2D eigenvalue weighted by molar-refractivity contribution is 5.78. The van der Waals surface area contributed by atoms with E-state index in [0.29, 0.717) is 35.5 Å². The molecule has 1 saturated carbocycles. The number of aromatic nitrogens is 2. The third-order valence-electron chi connectivity index (χ3n) is 5.85. The number of para-hydroxylation sites is 1. The minimum atomic E-state index is -0.157. The van der Waals surface area contributed by atoms with Crippen LogP contribution in [0.15, 0.2) is 59.4 Å². The molecule has 3 aromatic rings. The summed E-state index contributed by atoms with van der Waals surface area (Å²) in [6.07, 6.45) is 6.76. The fourth-order valence-electron chi connectivity index (χ4n) is 4.33. The van der Waals surface area contributed by atoms with Crippen molar-refractivity contribution in [2.75, 3.05) is 0 Å². The summed E-state index contributed by atoms with van der Waals surface area (Å²) in [5.74, 6) is 1.03. The van der Waals surface area contributed by atoms with Crippen LogP contribution in [0.3, 0.4) is 0 Å². The van der Waals surface area contributed by atoms with Crippen LogP contribution in [0.2, 0.25) is 0 Å². The number of benzene rings is 2. The van der Waals surface area contributed by atoms with Crippen LogP contribution in [-0.4, -0.2) is 15.9 Å². The van der Waals surface area contributed by atoms with Gasteiger partial charge in [0.25, 0.3) is 5.56 Å². The molecule has 1 aliphatic rings. The van der Waals surface area contributed by atoms with Crippen LogP contribution < -0.4 is 10.9 Å². The van der Waals surface area contributed by atoms with Crippen molar-refractivity contribution in [3.05, 3.63) is 76.3 Å². The number of rotatable bonds is 6. The largest absolute Gasteiger partial charge is 0.349 e. The summed E-state index contributed by atoms with van der Waals surface area (Å²) in [6, 6.07) is 17.6. The molecule has 150 valence electrons. The fourth-order valence-corrected chi connectivity index (χ4v) is 4.33. The van der Waals surface area contributed by atoms with Gasteiger partial charge in [0.15, 0.2) is 0 Å². The number of hydrogen-bond acceptors (Lipinski definition) is 3. The summed E-state index contributed by atoms with van der Waals surface area (Å²) in [5.41, 5.74) is 1.68. The average Bonchev–Trinajstić information content (AvgIpc) is 2.77. The monoisotopic (exact) mass is 389 g/mol. The molecular formula is C24H27N3O2. The molecule has 1 aliphatic carbocycles. The summed E-state index contributed by atoms with van der Waals surface area (Å²) in [4.78, 5) is 32.3. The molecule has 2 N–H and O–H groups in total. The van der Waals surface area contributed by atoms with Crippen molar-refractivity contribution in [2.45, 2.75) is 51.0 Å². The minimum Gasteiger partial charge on any atom is -0.349 e. The summed E-state index contributed by atoms with van der Waals surface area (Å²) >= 11 is 0. The molecule has 0 bridgehead atoms. The van der Waals surface area contributed by atoms with Gasteiger partial charge in [-0.05, 0) is 36.5 Å². The number of carbonyl (C=O) groups is 1. The van der Waals surface area contributed by atoms with Gasteiger partial charge in [0, 0.05) is 12.8 Å². The van der Waals surface area contributed by atoms with Crippen molar-refractivity contribution in [3.63, 3.8) is 0 Å². The zero-order valence-corrected chi connectivity index (χ0v) is 16.6. The lowest BCUT2D eigenvalue weighted by Crippen LogP contribution is -2.34. The number of nitrogens with zero attached hydrogens (tertiary/aromatic N) is 1. The number of aryl methyl sites for hydroxylation is 1. The quantitative estimate of drug-likeness (QED) is 0.660. The van der Waals surface area contributed by atoms with E-state index in [1.807, 2.05) is 36.4 Å². The van der Waals surface area contributed by atoms with E-state index in [1.54, 1.807) is 6.07 Å². The number of hydrogen-bond donors (Lipinski definition) is 2. The molecule has 5 nitrogen and oxygen atoms in total. The molecule has 4 rings (SSSR count). The van der Waals surface area contributed by atoms with Crippen LogP contribution in [0.25, 0.3) is 10.9 Å². The van der Waals surface area contributed by atoms with E-state index in [0.717, 1.165) is 12.8 Å². The molecule has 1 aromatic heterocycles. The summed E-state index contributed by atoms with van der Waals surface area (Å²) in [6.45, 7) is 0. The van der Waals surface area contributed by atoms with E-state index in [1.165, 1.54) is 24.8 Å². The second kappa shape index (κ2) is 9.03. The molecule has 0 aliphatic heterocycles. The number of amides is 1.